The Hall–Kier alpha value is -1.93. The van der Waals surface area contributed by atoms with Gasteiger partial charge in [-0.25, -0.2) is 0 Å². The Morgan fingerprint density at radius 1 is 0.895 bits per heavy atom. The summed E-state index contributed by atoms with van der Waals surface area (Å²) in [4.78, 5) is 0.986. The Morgan fingerprint density at radius 3 is 2.68 bits per heavy atom. The summed E-state index contributed by atoms with van der Waals surface area (Å²) >= 11 is 4.44. The van der Waals surface area contributed by atoms with Crippen LogP contribution in [0, 0.1) is 0 Å². The summed E-state index contributed by atoms with van der Waals surface area (Å²) in [5.41, 5.74) is 2.50. The molecule has 0 radical (unpaired) electrons. The van der Waals surface area contributed by atoms with E-state index >= 15 is 0 Å². The van der Waals surface area contributed by atoms with E-state index < -0.39 is 0 Å². The van der Waals surface area contributed by atoms with Crippen molar-refractivity contribution in [1.82, 2.24) is 0 Å². The van der Waals surface area contributed by atoms with Crippen LogP contribution in [-0.2, 0) is 6.42 Å². The first-order valence-corrected chi connectivity index (χ1v) is 6.76. The van der Waals surface area contributed by atoms with E-state index in [-0.39, 0.29) is 0 Å². The predicted octanol–water partition coefficient (Wildman–Crippen LogP) is 4.83. The van der Waals surface area contributed by atoms with Gasteiger partial charge in [-0.05, 0) is 40.6 Å². The molecule has 0 saturated heterocycles. The molecule has 4 rings (SSSR count). The molecule has 0 saturated carbocycles. The summed E-state index contributed by atoms with van der Waals surface area (Å²) in [6.45, 7) is 0. The van der Waals surface area contributed by atoms with E-state index in [4.69, 9.17) is 4.74 Å². The van der Waals surface area contributed by atoms with Gasteiger partial charge in [-0.15, -0.1) is 12.6 Å². The van der Waals surface area contributed by atoms with Crippen LogP contribution in [0.15, 0.2) is 59.5 Å². The van der Waals surface area contributed by atoms with Crippen molar-refractivity contribution in [2.45, 2.75) is 11.3 Å². The SMILES string of the molecule is Sc1ccc2ccc3c(c2c1)Cc1ccccc1O3. The van der Waals surface area contributed by atoms with E-state index in [9.17, 15) is 0 Å². The molecule has 0 unspecified atom stereocenters. The van der Waals surface area contributed by atoms with Crippen LogP contribution in [0.1, 0.15) is 11.1 Å². The van der Waals surface area contributed by atoms with Gasteiger partial charge in [0.15, 0.2) is 0 Å². The molecule has 0 bridgehead atoms. The number of ether oxygens (including phenoxy) is 1. The van der Waals surface area contributed by atoms with E-state index in [1.807, 2.05) is 18.2 Å². The third kappa shape index (κ3) is 1.71. The van der Waals surface area contributed by atoms with E-state index in [0.29, 0.717) is 0 Å². The van der Waals surface area contributed by atoms with Crippen LogP contribution in [0.2, 0.25) is 0 Å². The van der Waals surface area contributed by atoms with E-state index in [1.165, 1.54) is 21.9 Å². The first-order valence-electron chi connectivity index (χ1n) is 6.32. The fourth-order valence-corrected chi connectivity index (χ4v) is 2.89. The Morgan fingerprint density at radius 2 is 1.74 bits per heavy atom. The largest absolute Gasteiger partial charge is 0.457 e. The van der Waals surface area contributed by atoms with Crippen LogP contribution < -0.4 is 4.74 Å². The molecule has 1 heterocycles. The highest BCUT2D eigenvalue weighted by Gasteiger charge is 2.18. The molecule has 3 aromatic carbocycles. The lowest BCUT2D eigenvalue weighted by Crippen LogP contribution is -2.03. The fourth-order valence-electron chi connectivity index (χ4n) is 2.69. The Bertz CT molecular complexity index is 792. The molecule has 1 aliphatic rings. The summed E-state index contributed by atoms with van der Waals surface area (Å²) in [6, 6.07) is 18.6. The minimum atomic E-state index is 0.917. The molecule has 1 aliphatic heterocycles. The van der Waals surface area contributed by atoms with Gasteiger partial charge < -0.3 is 4.74 Å². The average molecular weight is 264 g/mol. The van der Waals surface area contributed by atoms with E-state index in [1.54, 1.807) is 0 Å². The highest BCUT2D eigenvalue weighted by atomic mass is 32.1. The zero-order valence-electron chi connectivity index (χ0n) is 10.3. The Balaban J connectivity index is 1.98. The standard InChI is InChI=1S/C17H12OS/c19-13-7-5-11-6-8-17-15(14(11)10-13)9-12-3-1-2-4-16(12)18-17/h1-8,10,19H,9H2. The first-order chi connectivity index (χ1) is 9.31. The van der Waals surface area contributed by atoms with Crippen LogP contribution in [0.3, 0.4) is 0 Å². The Kier molecular flexibility index (Phi) is 2.32. The highest BCUT2D eigenvalue weighted by Crippen LogP contribution is 2.40. The normalized spacial score (nSPS) is 12.7. The predicted molar refractivity (Wildman–Crippen MR) is 80.5 cm³/mol. The number of thiol groups is 1. The van der Waals surface area contributed by atoms with Gasteiger partial charge in [0.1, 0.15) is 11.5 Å². The monoisotopic (exact) mass is 264 g/mol. The lowest BCUT2D eigenvalue weighted by Gasteiger charge is -2.21. The van der Waals surface area contributed by atoms with Gasteiger partial charge in [0.2, 0.25) is 0 Å². The van der Waals surface area contributed by atoms with Crippen molar-refractivity contribution in [3.63, 3.8) is 0 Å². The molecule has 0 amide bonds. The van der Waals surface area contributed by atoms with Crippen molar-refractivity contribution < 1.29 is 4.74 Å². The molecule has 92 valence electrons. The summed E-state index contributed by atoms with van der Waals surface area (Å²) in [6.07, 6.45) is 0.917. The minimum Gasteiger partial charge on any atom is -0.457 e. The van der Waals surface area contributed by atoms with Gasteiger partial charge >= 0.3 is 0 Å². The van der Waals surface area contributed by atoms with Gasteiger partial charge in [-0.3, -0.25) is 0 Å². The first kappa shape index (κ1) is 10.9. The van der Waals surface area contributed by atoms with Crippen LogP contribution in [-0.4, -0.2) is 0 Å². The van der Waals surface area contributed by atoms with Crippen molar-refractivity contribution in [3.05, 3.63) is 65.7 Å². The average Bonchev–Trinajstić information content (AvgIpc) is 2.45. The molecule has 0 aromatic heterocycles. The summed E-state index contributed by atoms with van der Waals surface area (Å²) in [7, 11) is 0. The highest BCUT2D eigenvalue weighted by molar-refractivity contribution is 7.80. The second-order valence-corrected chi connectivity index (χ2v) is 5.35. The maximum Gasteiger partial charge on any atom is 0.131 e. The fraction of sp³-hybridized carbons (Fsp3) is 0.0588. The molecular formula is C17H12OS. The quantitative estimate of drug-likeness (QED) is 0.448. The molecule has 0 atom stereocenters. The van der Waals surface area contributed by atoms with Gasteiger partial charge in [0, 0.05) is 16.9 Å². The van der Waals surface area contributed by atoms with Crippen molar-refractivity contribution >= 4 is 23.4 Å². The van der Waals surface area contributed by atoms with Crippen molar-refractivity contribution in [3.8, 4) is 11.5 Å². The third-order valence-corrected chi connectivity index (χ3v) is 3.91. The molecule has 0 spiro atoms. The molecule has 19 heavy (non-hydrogen) atoms. The number of para-hydroxylation sites is 1. The maximum atomic E-state index is 6.00. The van der Waals surface area contributed by atoms with Gasteiger partial charge in [0.25, 0.3) is 0 Å². The lowest BCUT2D eigenvalue weighted by molar-refractivity contribution is 0.461. The number of fused-ring (bicyclic) bond motifs is 4. The minimum absolute atomic E-state index is 0.917. The molecular weight excluding hydrogens is 252 g/mol. The van der Waals surface area contributed by atoms with Gasteiger partial charge in [-0.1, -0.05) is 30.3 Å². The van der Waals surface area contributed by atoms with Crippen LogP contribution in [0.25, 0.3) is 10.8 Å². The van der Waals surface area contributed by atoms with Crippen LogP contribution in [0.5, 0.6) is 11.5 Å². The van der Waals surface area contributed by atoms with E-state index in [2.05, 4.69) is 49.0 Å². The van der Waals surface area contributed by atoms with Crippen LogP contribution >= 0.6 is 12.6 Å². The molecule has 0 N–H and O–H groups in total. The van der Waals surface area contributed by atoms with Crippen molar-refractivity contribution in [1.29, 1.82) is 0 Å². The lowest BCUT2D eigenvalue weighted by atomic mass is 9.95. The molecule has 2 heteroatoms. The topological polar surface area (TPSA) is 9.23 Å². The van der Waals surface area contributed by atoms with Crippen LogP contribution in [0.4, 0.5) is 0 Å². The third-order valence-electron chi connectivity index (χ3n) is 3.63. The van der Waals surface area contributed by atoms with Crippen molar-refractivity contribution in [2.24, 2.45) is 0 Å². The number of hydrogen-bond acceptors (Lipinski definition) is 2. The maximum absolute atomic E-state index is 6.00. The molecule has 0 fully saturated rings. The molecule has 1 nitrogen and oxygen atoms in total. The number of rotatable bonds is 0. The molecule has 3 aromatic rings. The summed E-state index contributed by atoms with van der Waals surface area (Å²) in [5.74, 6) is 1.93. The second kappa shape index (κ2) is 4.04. The van der Waals surface area contributed by atoms with Crippen molar-refractivity contribution in [2.75, 3.05) is 0 Å². The number of hydrogen-bond donors (Lipinski definition) is 1. The van der Waals surface area contributed by atoms with E-state index in [0.717, 1.165) is 22.8 Å². The summed E-state index contributed by atoms with van der Waals surface area (Å²) < 4.78 is 6.00. The summed E-state index contributed by atoms with van der Waals surface area (Å²) in [5, 5.41) is 2.47. The second-order valence-electron chi connectivity index (χ2n) is 4.83. The van der Waals surface area contributed by atoms with Gasteiger partial charge in [0.05, 0.1) is 0 Å². The number of benzene rings is 3. The molecule has 0 aliphatic carbocycles. The zero-order valence-corrected chi connectivity index (χ0v) is 11.2. The van der Waals surface area contributed by atoms with Gasteiger partial charge in [-0.2, -0.15) is 0 Å². The Labute approximate surface area is 117 Å². The smallest absolute Gasteiger partial charge is 0.131 e. The zero-order chi connectivity index (χ0) is 12.8.